The molecule has 0 N–H and O–H groups in total. The molecule has 0 saturated heterocycles. The average molecular weight is 275 g/mol. The zero-order chi connectivity index (χ0) is 13.6. The van der Waals surface area contributed by atoms with Gasteiger partial charge < -0.3 is 4.57 Å². The first-order valence-corrected chi connectivity index (χ1v) is 8.47. The summed E-state index contributed by atoms with van der Waals surface area (Å²) in [4.78, 5) is 4.45. The second kappa shape index (κ2) is 4.03. The van der Waals surface area contributed by atoms with E-state index in [1.165, 1.54) is 0 Å². The molecule has 3 aromatic heterocycles. The number of aryl methyl sites for hydroxylation is 1. The molecule has 7 heteroatoms. The van der Waals surface area contributed by atoms with E-state index in [-0.39, 0.29) is 0 Å². The quantitative estimate of drug-likeness (QED) is 0.664. The van der Waals surface area contributed by atoms with Crippen LogP contribution in [0.2, 0.25) is 0 Å². The lowest BCUT2D eigenvalue weighted by atomic mass is 10.4. The summed E-state index contributed by atoms with van der Waals surface area (Å²) in [5.74, 6) is 0. The van der Waals surface area contributed by atoms with Gasteiger partial charge >= 0.3 is 0 Å². The Morgan fingerprint density at radius 1 is 1.21 bits per heavy atom. The maximum atomic E-state index is 12.0. The molecule has 0 atom stereocenters. The van der Waals surface area contributed by atoms with Crippen LogP contribution in [0.15, 0.2) is 30.9 Å². The fourth-order valence-corrected chi connectivity index (χ4v) is 2.55. The average Bonchev–Trinajstić information content (AvgIpc) is 2.92. The molecule has 0 bridgehead atoms. The molecule has 0 saturated carbocycles. The van der Waals surface area contributed by atoms with Crippen LogP contribution in [0.5, 0.6) is 0 Å². The van der Waals surface area contributed by atoms with Crippen LogP contribution >= 0.6 is 7.14 Å². The number of rotatable bonds is 2. The van der Waals surface area contributed by atoms with Crippen molar-refractivity contribution in [2.24, 2.45) is 0 Å². The smallest absolute Gasteiger partial charge is 0.181 e. The van der Waals surface area contributed by atoms with Crippen LogP contribution in [-0.4, -0.2) is 37.7 Å². The first-order chi connectivity index (χ1) is 8.95. The van der Waals surface area contributed by atoms with Crippen LogP contribution in [0, 0.1) is 6.92 Å². The Morgan fingerprint density at radius 2 is 2.00 bits per heavy atom. The minimum absolute atomic E-state index is 0.733. The largest absolute Gasteiger partial charge is 0.319 e. The third-order valence-corrected chi connectivity index (χ3v) is 4.40. The Bertz CT molecular complexity index is 797. The zero-order valence-electron chi connectivity index (χ0n) is 11.0. The fourth-order valence-electron chi connectivity index (χ4n) is 1.83. The molecule has 0 amide bonds. The number of aromatic nitrogens is 5. The van der Waals surface area contributed by atoms with Crippen LogP contribution in [0.1, 0.15) is 5.69 Å². The summed E-state index contributed by atoms with van der Waals surface area (Å²) in [7, 11) is -2.30. The predicted molar refractivity (Wildman–Crippen MR) is 73.9 cm³/mol. The summed E-state index contributed by atoms with van der Waals surface area (Å²) >= 11 is 0. The minimum atomic E-state index is -2.30. The Kier molecular flexibility index (Phi) is 2.57. The maximum Gasteiger partial charge on any atom is 0.181 e. The number of hydrogen-bond donors (Lipinski definition) is 0. The Hall–Kier alpha value is -1.94. The molecule has 98 valence electrons. The molecule has 0 unspecified atom stereocenters. The maximum absolute atomic E-state index is 12.0. The van der Waals surface area contributed by atoms with Crippen molar-refractivity contribution in [2.45, 2.75) is 6.92 Å². The third kappa shape index (κ3) is 2.08. The Morgan fingerprint density at radius 3 is 2.68 bits per heavy atom. The van der Waals surface area contributed by atoms with Gasteiger partial charge in [-0.05, 0) is 26.3 Å². The van der Waals surface area contributed by atoms with Crippen molar-refractivity contribution >= 4 is 18.1 Å². The first kappa shape index (κ1) is 12.1. The van der Waals surface area contributed by atoms with Gasteiger partial charge in [-0.1, -0.05) is 0 Å². The van der Waals surface area contributed by atoms with Crippen molar-refractivity contribution in [3.63, 3.8) is 0 Å². The van der Waals surface area contributed by atoms with Gasteiger partial charge in [0.05, 0.1) is 12.4 Å². The van der Waals surface area contributed by atoms with E-state index in [2.05, 4.69) is 15.2 Å². The highest BCUT2D eigenvalue weighted by Crippen LogP contribution is 2.34. The predicted octanol–water partition coefficient (Wildman–Crippen LogP) is 1.47. The monoisotopic (exact) mass is 275 g/mol. The molecule has 3 aromatic rings. The van der Waals surface area contributed by atoms with E-state index in [1.807, 2.05) is 19.2 Å². The molecule has 0 aliphatic carbocycles. The molecule has 0 fully saturated rings. The van der Waals surface area contributed by atoms with Crippen LogP contribution in [0.25, 0.3) is 11.3 Å². The van der Waals surface area contributed by atoms with Gasteiger partial charge in [-0.2, -0.15) is 10.2 Å². The Balaban J connectivity index is 2.17. The highest BCUT2D eigenvalue weighted by molar-refractivity contribution is 7.70. The van der Waals surface area contributed by atoms with E-state index in [0.717, 1.165) is 22.3 Å². The van der Waals surface area contributed by atoms with E-state index < -0.39 is 7.14 Å². The number of nitrogens with zero attached hydrogens (tertiary/aromatic N) is 5. The van der Waals surface area contributed by atoms with Crippen LogP contribution in [0.3, 0.4) is 0 Å². The summed E-state index contributed by atoms with van der Waals surface area (Å²) < 4.78 is 15.4. The van der Waals surface area contributed by atoms with Gasteiger partial charge in [0.1, 0.15) is 12.8 Å². The van der Waals surface area contributed by atoms with Gasteiger partial charge in [-0.15, -0.1) is 0 Å². The number of hydrogen-bond acceptors (Lipinski definition) is 4. The number of fused-ring (bicyclic) bond motifs is 1. The van der Waals surface area contributed by atoms with E-state index in [1.54, 1.807) is 41.1 Å². The lowest BCUT2D eigenvalue weighted by molar-refractivity contribution is 0.588. The molecule has 0 spiro atoms. The van der Waals surface area contributed by atoms with Gasteiger partial charge in [0.2, 0.25) is 0 Å². The second-order valence-corrected chi connectivity index (χ2v) is 8.08. The molecule has 6 nitrogen and oxygen atoms in total. The topological polar surface area (TPSA) is 65.1 Å². The summed E-state index contributed by atoms with van der Waals surface area (Å²) in [6, 6.07) is 1.89. The molecule has 0 radical (unpaired) electrons. The summed E-state index contributed by atoms with van der Waals surface area (Å²) in [6.45, 7) is 5.39. The Labute approximate surface area is 110 Å². The molecule has 3 rings (SSSR count). The molecular weight excluding hydrogens is 261 g/mol. The summed E-state index contributed by atoms with van der Waals surface area (Å²) in [6.07, 6.45) is 6.98. The standard InChI is InChI=1S/C12H14N5OP/c1-9-4-5-16-12(15-9)11(7-14-16)17-8-10(6-13-17)19(2,3)18/h4-8H,1-3H3. The van der Waals surface area contributed by atoms with Crippen molar-refractivity contribution < 1.29 is 4.57 Å². The molecule has 19 heavy (non-hydrogen) atoms. The van der Waals surface area contributed by atoms with Crippen LogP contribution in [0.4, 0.5) is 0 Å². The molecular formula is C12H14N5OP. The van der Waals surface area contributed by atoms with Crippen molar-refractivity contribution in [1.82, 2.24) is 24.4 Å². The van der Waals surface area contributed by atoms with Crippen molar-refractivity contribution in [2.75, 3.05) is 13.3 Å². The normalized spacial score (nSPS) is 12.2. The van der Waals surface area contributed by atoms with Crippen molar-refractivity contribution in [3.05, 3.63) is 36.5 Å². The molecule has 0 aliphatic rings. The minimum Gasteiger partial charge on any atom is -0.319 e. The lowest BCUT2D eigenvalue weighted by Crippen LogP contribution is -2.00. The SMILES string of the molecule is Cc1ccn2ncc(-n3cc(P(C)(C)=O)cn3)c2n1. The van der Waals surface area contributed by atoms with Crippen LogP contribution < -0.4 is 5.30 Å². The molecule has 0 aliphatic heterocycles. The van der Waals surface area contributed by atoms with Gasteiger partial charge in [0.15, 0.2) is 5.65 Å². The van der Waals surface area contributed by atoms with E-state index in [9.17, 15) is 4.57 Å². The van der Waals surface area contributed by atoms with Gasteiger partial charge in [0, 0.05) is 23.4 Å². The fraction of sp³-hybridized carbons (Fsp3) is 0.250. The summed E-state index contributed by atoms with van der Waals surface area (Å²) in [5.41, 5.74) is 2.43. The van der Waals surface area contributed by atoms with Gasteiger partial charge in [-0.3, -0.25) is 0 Å². The van der Waals surface area contributed by atoms with Crippen molar-refractivity contribution in [3.8, 4) is 5.69 Å². The van der Waals surface area contributed by atoms with E-state index in [0.29, 0.717) is 0 Å². The van der Waals surface area contributed by atoms with Gasteiger partial charge in [0.25, 0.3) is 0 Å². The van der Waals surface area contributed by atoms with Crippen molar-refractivity contribution in [1.29, 1.82) is 0 Å². The van der Waals surface area contributed by atoms with E-state index >= 15 is 0 Å². The highest BCUT2D eigenvalue weighted by atomic mass is 31.2. The highest BCUT2D eigenvalue weighted by Gasteiger charge is 2.16. The zero-order valence-corrected chi connectivity index (χ0v) is 11.9. The molecule has 0 aromatic carbocycles. The van der Waals surface area contributed by atoms with Crippen LogP contribution in [-0.2, 0) is 4.57 Å². The second-order valence-electron chi connectivity index (χ2n) is 4.86. The summed E-state index contributed by atoms with van der Waals surface area (Å²) in [5, 5.41) is 9.24. The molecule has 3 heterocycles. The third-order valence-electron chi connectivity index (χ3n) is 2.93. The lowest BCUT2D eigenvalue weighted by Gasteiger charge is -2.01. The van der Waals surface area contributed by atoms with E-state index in [4.69, 9.17) is 0 Å². The van der Waals surface area contributed by atoms with Gasteiger partial charge in [-0.25, -0.2) is 14.2 Å². The first-order valence-electron chi connectivity index (χ1n) is 5.87.